The number of methoxy groups -OCH3 is 1. The summed E-state index contributed by atoms with van der Waals surface area (Å²) in [5.74, 6) is 1.70. The fraction of sp³-hybridized carbons (Fsp3) is 0.381. The molecule has 1 heterocycles. The van der Waals surface area contributed by atoms with E-state index in [2.05, 4.69) is 72.9 Å². The van der Waals surface area contributed by atoms with Crippen LogP contribution in [0.2, 0.25) is 0 Å². The third kappa shape index (κ3) is 6.27. The summed E-state index contributed by atoms with van der Waals surface area (Å²) in [5, 5.41) is 6.96. The first-order chi connectivity index (χ1) is 13.2. The molecule has 2 aromatic carbocycles. The van der Waals surface area contributed by atoms with Gasteiger partial charge < -0.3 is 20.3 Å². The number of guanidine groups is 1. The Morgan fingerprint density at radius 2 is 1.89 bits per heavy atom. The van der Waals surface area contributed by atoms with E-state index in [9.17, 15) is 0 Å². The van der Waals surface area contributed by atoms with Gasteiger partial charge in [-0.05, 0) is 43.2 Å². The number of hydrogen-bond acceptors (Lipinski definition) is 3. The molecule has 0 spiro atoms. The van der Waals surface area contributed by atoms with Gasteiger partial charge in [-0.2, -0.15) is 0 Å². The van der Waals surface area contributed by atoms with Gasteiger partial charge in [0.2, 0.25) is 0 Å². The van der Waals surface area contributed by atoms with Crippen molar-refractivity contribution in [3.05, 3.63) is 58.6 Å². The van der Waals surface area contributed by atoms with Crippen molar-refractivity contribution < 1.29 is 4.74 Å². The van der Waals surface area contributed by atoms with E-state index >= 15 is 0 Å². The zero-order valence-corrected chi connectivity index (χ0v) is 20.2. The minimum atomic E-state index is 0. The molecule has 0 saturated carbocycles. The van der Waals surface area contributed by atoms with Gasteiger partial charge in [-0.25, -0.2) is 0 Å². The van der Waals surface area contributed by atoms with Crippen LogP contribution in [0.1, 0.15) is 18.4 Å². The standard InChI is InChI=1S/C21H27BrN4O.HI/c1-23-21(24-15-16-14-17(22)8-9-20(16)27-2)25-18-10-12-26(13-11-18)19-6-4-3-5-7-19;/h3-9,14,18H,10-13,15H2,1-2H3,(H2,23,24,25);1H. The molecule has 0 bridgehead atoms. The molecule has 7 heteroatoms. The van der Waals surface area contributed by atoms with Crippen LogP contribution in [0.25, 0.3) is 0 Å². The van der Waals surface area contributed by atoms with Gasteiger partial charge in [0, 0.05) is 48.4 Å². The molecule has 0 unspecified atom stereocenters. The highest BCUT2D eigenvalue weighted by Gasteiger charge is 2.20. The van der Waals surface area contributed by atoms with E-state index in [1.165, 1.54) is 5.69 Å². The molecule has 2 N–H and O–H groups in total. The van der Waals surface area contributed by atoms with Gasteiger partial charge in [0.1, 0.15) is 5.75 Å². The Morgan fingerprint density at radius 3 is 2.54 bits per heavy atom. The topological polar surface area (TPSA) is 48.9 Å². The van der Waals surface area contributed by atoms with Crippen LogP contribution in [0, 0.1) is 0 Å². The van der Waals surface area contributed by atoms with Crippen LogP contribution < -0.4 is 20.3 Å². The van der Waals surface area contributed by atoms with Gasteiger partial charge in [-0.1, -0.05) is 34.1 Å². The molecular weight excluding hydrogens is 531 g/mol. The van der Waals surface area contributed by atoms with Crippen LogP contribution >= 0.6 is 39.9 Å². The van der Waals surface area contributed by atoms with E-state index in [-0.39, 0.29) is 24.0 Å². The van der Waals surface area contributed by atoms with E-state index in [0.29, 0.717) is 12.6 Å². The Kier molecular flexibility index (Phi) is 9.37. The molecule has 0 amide bonds. The number of anilines is 1. The van der Waals surface area contributed by atoms with Crippen LogP contribution in [0.3, 0.4) is 0 Å². The normalized spacial score (nSPS) is 15.0. The van der Waals surface area contributed by atoms with Gasteiger partial charge >= 0.3 is 0 Å². The van der Waals surface area contributed by atoms with E-state index in [1.807, 2.05) is 19.2 Å². The number of ether oxygens (including phenoxy) is 1. The third-order valence-electron chi connectivity index (χ3n) is 4.87. The summed E-state index contributed by atoms with van der Waals surface area (Å²) in [6.45, 7) is 2.77. The summed E-state index contributed by atoms with van der Waals surface area (Å²) in [7, 11) is 3.51. The highest BCUT2D eigenvalue weighted by molar-refractivity contribution is 14.0. The second kappa shape index (κ2) is 11.5. The number of aliphatic imine (C=N–C) groups is 1. The van der Waals surface area contributed by atoms with Crippen molar-refractivity contribution in [3.63, 3.8) is 0 Å². The lowest BCUT2D eigenvalue weighted by Crippen LogP contribution is -2.48. The lowest BCUT2D eigenvalue weighted by molar-refractivity contribution is 0.408. The molecule has 152 valence electrons. The SMILES string of the molecule is CN=C(NCc1cc(Br)ccc1OC)NC1CCN(c2ccccc2)CC1.I. The summed E-state index contributed by atoms with van der Waals surface area (Å²) in [5.41, 5.74) is 2.40. The van der Waals surface area contributed by atoms with Crippen molar-refractivity contribution in [2.75, 3.05) is 32.1 Å². The quantitative estimate of drug-likeness (QED) is 0.324. The number of nitrogens with zero attached hydrogens (tertiary/aromatic N) is 2. The van der Waals surface area contributed by atoms with Gasteiger partial charge in [-0.3, -0.25) is 4.99 Å². The van der Waals surface area contributed by atoms with Crippen LogP contribution in [-0.4, -0.2) is 39.2 Å². The first kappa shape index (κ1) is 22.8. The number of piperidine rings is 1. The molecule has 1 fully saturated rings. The maximum absolute atomic E-state index is 5.44. The molecule has 2 aromatic rings. The molecule has 0 aliphatic carbocycles. The van der Waals surface area contributed by atoms with Gasteiger partial charge in [-0.15, -0.1) is 24.0 Å². The molecule has 0 aromatic heterocycles. The third-order valence-corrected chi connectivity index (χ3v) is 5.36. The minimum Gasteiger partial charge on any atom is -0.496 e. The van der Waals surface area contributed by atoms with Gasteiger partial charge in [0.15, 0.2) is 5.96 Å². The molecule has 1 aliphatic heterocycles. The van der Waals surface area contributed by atoms with Crippen molar-refractivity contribution >= 4 is 51.6 Å². The maximum atomic E-state index is 5.44. The summed E-state index contributed by atoms with van der Waals surface area (Å²) in [4.78, 5) is 6.83. The predicted molar refractivity (Wildman–Crippen MR) is 131 cm³/mol. The number of rotatable bonds is 5. The zero-order chi connectivity index (χ0) is 19.1. The van der Waals surface area contributed by atoms with Gasteiger partial charge in [0.25, 0.3) is 0 Å². The average Bonchev–Trinajstić information content (AvgIpc) is 2.72. The van der Waals surface area contributed by atoms with Crippen molar-refractivity contribution in [1.82, 2.24) is 10.6 Å². The highest BCUT2D eigenvalue weighted by atomic mass is 127. The van der Waals surface area contributed by atoms with E-state index < -0.39 is 0 Å². The Morgan fingerprint density at radius 1 is 1.18 bits per heavy atom. The second-order valence-corrected chi connectivity index (χ2v) is 7.54. The number of hydrogen-bond donors (Lipinski definition) is 2. The molecule has 0 radical (unpaired) electrons. The number of para-hydroxylation sites is 1. The Balaban J connectivity index is 0.00000280. The number of nitrogens with one attached hydrogen (secondary N) is 2. The molecule has 0 atom stereocenters. The fourth-order valence-corrected chi connectivity index (χ4v) is 3.78. The van der Waals surface area contributed by atoms with Crippen LogP contribution in [0.5, 0.6) is 5.75 Å². The lowest BCUT2D eigenvalue weighted by atomic mass is 10.0. The Bertz CT molecular complexity index is 764. The summed E-state index contributed by atoms with van der Waals surface area (Å²) >= 11 is 3.52. The summed E-state index contributed by atoms with van der Waals surface area (Å²) < 4.78 is 6.48. The highest BCUT2D eigenvalue weighted by Crippen LogP contribution is 2.23. The second-order valence-electron chi connectivity index (χ2n) is 6.62. The molecule has 1 aliphatic rings. The first-order valence-electron chi connectivity index (χ1n) is 9.29. The van der Waals surface area contributed by atoms with Crippen molar-refractivity contribution in [2.45, 2.75) is 25.4 Å². The zero-order valence-electron chi connectivity index (χ0n) is 16.3. The lowest BCUT2D eigenvalue weighted by Gasteiger charge is -2.34. The van der Waals surface area contributed by atoms with E-state index in [0.717, 1.165) is 47.7 Å². The molecular formula is C21H28BrIN4O. The summed E-state index contributed by atoms with van der Waals surface area (Å²) in [6.07, 6.45) is 2.19. The molecule has 28 heavy (non-hydrogen) atoms. The fourth-order valence-electron chi connectivity index (χ4n) is 3.37. The van der Waals surface area contributed by atoms with Crippen molar-refractivity contribution in [2.24, 2.45) is 4.99 Å². The number of halogens is 2. The molecule has 1 saturated heterocycles. The van der Waals surface area contributed by atoms with E-state index in [4.69, 9.17) is 4.74 Å². The Hall–Kier alpha value is -1.48. The van der Waals surface area contributed by atoms with Gasteiger partial charge in [0.05, 0.1) is 7.11 Å². The molecule has 3 rings (SSSR count). The van der Waals surface area contributed by atoms with Crippen LogP contribution in [-0.2, 0) is 6.54 Å². The van der Waals surface area contributed by atoms with E-state index in [1.54, 1.807) is 7.11 Å². The monoisotopic (exact) mass is 558 g/mol. The Labute approximate surface area is 193 Å². The average molecular weight is 559 g/mol. The largest absolute Gasteiger partial charge is 0.496 e. The van der Waals surface area contributed by atoms with Crippen LogP contribution in [0.15, 0.2) is 58.0 Å². The maximum Gasteiger partial charge on any atom is 0.191 e. The molecule has 5 nitrogen and oxygen atoms in total. The smallest absolute Gasteiger partial charge is 0.191 e. The van der Waals surface area contributed by atoms with Crippen molar-refractivity contribution in [3.8, 4) is 5.75 Å². The first-order valence-corrected chi connectivity index (χ1v) is 10.1. The van der Waals surface area contributed by atoms with Crippen LogP contribution in [0.4, 0.5) is 5.69 Å². The minimum absolute atomic E-state index is 0. The predicted octanol–water partition coefficient (Wildman–Crippen LogP) is 4.41. The summed E-state index contributed by atoms with van der Waals surface area (Å²) in [6, 6.07) is 17.1. The number of benzene rings is 2. The van der Waals surface area contributed by atoms with Crippen molar-refractivity contribution in [1.29, 1.82) is 0 Å².